The number of halogens is 1. The minimum atomic E-state index is 0.386. The molecule has 0 radical (unpaired) electrons. The Bertz CT molecular complexity index is 285. The Kier molecular flexibility index (Phi) is 3.16. The van der Waals surface area contributed by atoms with Crippen molar-refractivity contribution in [2.75, 3.05) is 13.2 Å². The maximum atomic E-state index is 5.60. The van der Waals surface area contributed by atoms with Gasteiger partial charge in [-0.25, -0.2) is 0 Å². The van der Waals surface area contributed by atoms with Gasteiger partial charge in [0, 0.05) is 12.1 Å². The SMILES string of the molecule is Clc1ccc(OC[C@H]2CCCN2)nn1. The van der Waals surface area contributed by atoms with Gasteiger partial charge in [0.1, 0.15) is 6.61 Å². The van der Waals surface area contributed by atoms with E-state index in [0.29, 0.717) is 23.7 Å². The third kappa shape index (κ3) is 2.56. The predicted molar refractivity (Wildman–Crippen MR) is 53.6 cm³/mol. The first-order valence-electron chi connectivity index (χ1n) is 4.70. The zero-order valence-electron chi connectivity index (χ0n) is 7.74. The molecule has 2 rings (SSSR count). The van der Waals surface area contributed by atoms with Crippen LogP contribution in [0.1, 0.15) is 12.8 Å². The number of ether oxygens (including phenoxy) is 1. The minimum Gasteiger partial charge on any atom is -0.475 e. The molecule has 0 unspecified atom stereocenters. The van der Waals surface area contributed by atoms with E-state index in [0.717, 1.165) is 6.54 Å². The molecule has 14 heavy (non-hydrogen) atoms. The molecule has 2 heterocycles. The molecule has 0 amide bonds. The van der Waals surface area contributed by atoms with Crippen LogP contribution >= 0.6 is 11.6 Å². The normalized spacial score (nSPS) is 21.1. The van der Waals surface area contributed by atoms with Crippen molar-refractivity contribution in [3.63, 3.8) is 0 Å². The molecule has 0 aliphatic carbocycles. The third-order valence-corrected chi connectivity index (χ3v) is 2.40. The first-order valence-corrected chi connectivity index (χ1v) is 5.08. The summed E-state index contributed by atoms with van der Waals surface area (Å²) < 4.78 is 5.45. The van der Waals surface area contributed by atoms with Crippen molar-refractivity contribution in [1.29, 1.82) is 0 Å². The Morgan fingerprint density at radius 3 is 3.07 bits per heavy atom. The molecule has 0 bridgehead atoms. The number of rotatable bonds is 3. The van der Waals surface area contributed by atoms with Crippen LogP contribution in [-0.2, 0) is 0 Å². The van der Waals surface area contributed by atoms with E-state index in [1.165, 1.54) is 12.8 Å². The summed E-state index contributed by atoms with van der Waals surface area (Å²) in [5.41, 5.74) is 0. The van der Waals surface area contributed by atoms with Gasteiger partial charge in [0.25, 0.3) is 0 Å². The fraction of sp³-hybridized carbons (Fsp3) is 0.556. The van der Waals surface area contributed by atoms with E-state index in [1.807, 2.05) is 0 Å². The fourth-order valence-electron chi connectivity index (χ4n) is 1.47. The molecule has 5 heteroatoms. The lowest BCUT2D eigenvalue weighted by Gasteiger charge is -2.10. The van der Waals surface area contributed by atoms with E-state index in [-0.39, 0.29) is 0 Å². The minimum absolute atomic E-state index is 0.386. The first kappa shape index (κ1) is 9.68. The van der Waals surface area contributed by atoms with Crippen LogP contribution in [0.3, 0.4) is 0 Å². The molecule has 1 fully saturated rings. The van der Waals surface area contributed by atoms with Gasteiger partial charge in [0.2, 0.25) is 5.88 Å². The molecule has 1 aliphatic heterocycles. The zero-order valence-corrected chi connectivity index (χ0v) is 8.50. The van der Waals surface area contributed by atoms with Crippen LogP contribution in [-0.4, -0.2) is 29.4 Å². The molecule has 1 aromatic rings. The summed E-state index contributed by atoms with van der Waals surface area (Å²) >= 11 is 5.60. The second-order valence-corrected chi connectivity index (χ2v) is 3.69. The van der Waals surface area contributed by atoms with Crippen LogP contribution in [0, 0.1) is 0 Å². The van der Waals surface area contributed by atoms with Crippen molar-refractivity contribution >= 4 is 11.6 Å². The van der Waals surface area contributed by atoms with Crippen LogP contribution in [0.5, 0.6) is 5.88 Å². The highest BCUT2D eigenvalue weighted by Crippen LogP contribution is 2.10. The summed E-state index contributed by atoms with van der Waals surface area (Å²) in [6, 6.07) is 3.85. The monoisotopic (exact) mass is 213 g/mol. The summed E-state index contributed by atoms with van der Waals surface area (Å²) in [5, 5.41) is 11.2. The van der Waals surface area contributed by atoms with Gasteiger partial charge in [-0.15, -0.1) is 10.2 Å². The van der Waals surface area contributed by atoms with Gasteiger partial charge in [-0.05, 0) is 25.5 Å². The van der Waals surface area contributed by atoms with Crippen molar-refractivity contribution < 1.29 is 4.74 Å². The van der Waals surface area contributed by atoms with Crippen molar-refractivity contribution in [3.05, 3.63) is 17.3 Å². The summed E-state index contributed by atoms with van der Waals surface area (Å²) in [5.74, 6) is 0.531. The summed E-state index contributed by atoms with van der Waals surface area (Å²) in [4.78, 5) is 0. The highest BCUT2D eigenvalue weighted by atomic mass is 35.5. The van der Waals surface area contributed by atoms with Crippen LogP contribution < -0.4 is 10.1 Å². The van der Waals surface area contributed by atoms with Crippen LogP contribution in [0.15, 0.2) is 12.1 Å². The van der Waals surface area contributed by atoms with Gasteiger partial charge in [0.15, 0.2) is 5.15 Å². The maximum absolute atomic E-state index is 5.60. The zero-order chi connectivity index (χ0) is 9.80. The molecular formula is C9H12ClN3O. The molecule has 1 aliphatic rings. The van der Waals surface area contributed by atoms with Gasteiger partial charge in [0.05, 0.1) is 0 Å². The number of nitrogens with one attached hydrogen (secondary N) is 1. The van der Waals surface area contributed by atoms with Gasteiger partial charge in [-0.1, -0.05) is 11.6 Å². The second-order valence-electron chi connectivity index (χ2n) is 3.30. The Hall–Kier alpha value is -0.870. The Morgan fingerprint density at radius 1 is 1.50 bits per heavy atom. The standard InChI is InChI=1S/C9H12ClN3O/c10-8-3-4-9(13-12-8)14-6-7-2-1-5-11-7/h3-4,7,11H,1-2,5-6H2/t7-/m1/s1. The van der Waals surface area contributed by atoms with Gasteiger partial charge >= 0.3 is 0 Å². The van der Waals surface area contributed by atoms with Crippen molar-refractivity contribution in [3.8, 4) is 5.88 Å². The molecule has 1 N–H and O–H groups in total. The molecule has 0 aromatic carbocycles. The highest BCUT2D eigenvalue weighted by molar-refractivity contribution is 6.29. The van der Waals surface area contributed by atoms with Gasteiger partial charge in [-0.2, -0.15) is 0 Å². The van der Waals surface area contributed by atoms with Gasteiger partial charge in [-0.3, -0.25) is 0 Å². The molecule has 0 saturated carbocycles. The molecule has 4 nitrogen and oxygen atoms in total. The van der Waals surface area contributed by atoms with Crippen LogP contribution in [0.4, 0.5) is 0 Å². The van der Waals surface area contributed by atoms with Crippen molar-refractivity contribution in [1.82, 2.24) is 15.5 Å². The lowest BCUT2D eigenvalue weighted by Crippen LogP contribution is -2.28. The number of aromatic nitrogens is 2. The van der Waals surface area contributed by atoms with E-state index >= 15 is 0 Å². The molecule has 1 atom stereocenters. The quantitative estimate of drug-likeness (QED) is 0.821. The lowest BCUT2D eigenvalue weighted by atomic mass is 10.2. The van der Waals surface area contributed by atoms with Crippen molar-refractivity contribution in [2.24, 2.45) is 0 Å². The molecular weight excluding hydrogens is 202 g/mol. The van der Waals surface area contributed by atoms with Crippen LogP contribution in [0.25, 0.3) is 0 Å². The largest absolute Gasteiger partial charge is 0.475 e. The molecule has 76 valence electrons. The summed E-state index contributed by atoms with van der Waals surface area (Å²) in [7, 11) is 0. The Labute approximate surface area is 87.6 Å². The van der Waals surface area contributed by atoms with Crippen molar-refractivity contribution in [2.45, 2.75) is 18.9 Å². The van der Waals surface area contributed by atoms with E-state index in [1.54, 1.807) is 12.1 Å². The smallest absolute Gasteiger partial charge is 0.233 e. The predicted octanol–water partition coefficient (Wildman–Crippen LogP) is 1.26. The lowest BCUT2D eigenvalue weighted by molar-refractivity contribution is 0.265. The van der Waals surface area contributed by atoms with E-state index < -0.39 is 0 Å². The Morgan fingerprint density at radius 2 is 2.43 bits per heavy atom. The number of nitrogens with zero attached hydrogens (tertiary/aromatic N) is 2. The number of hydrogen-bond acceptors (Lipinski definition) is 4. The third-order valence-electron chi connectivity index (χ3n) is 2.20. The van der Waals surface area contributed by atoms with Crippen LogP contribution in [0.2, 0.25) is 5.15 Å². The number of hydrogen-bond donors (Lipinski definition) is 1. The summed E-state index contributed by atoms with van der Waals surface area (Å²) in [6.07, 6.45) is 2.39. The van der Waals surface area contributed by atoms with Gasteiger partial charge < -0.3 is 10.1 Å². The topological polar surface area (TPSA) is 47.0 Å². The first-order chi connectivity index (χ1) is 6.84. The van der Waals surface area contributed by atoms with E-state index in [9.17, 15) is 0 Å². The second kappa shape index (κ2) is 4.57. The molecule has 1 aromatic heterocycles. The average molecular weight is 214 g/mol. The van der Waals surface area contributed by atoms with E-state index in [4.69, 9.17) is 16.3 Å². The fourth-order valence-corrected chi connectivity index (χ4v) is 1.57. The molecule has 1 saturated heterocycles. The Balaban J connectivity index is 1.82. The maximum Gasteiger partial charge on any atom is 0.233 e. The average Bonchev–Trinajstić information content (AvgIpc) is 2.70. The molecule has 0 spiro atoms. The summed E-state index contributed by atoms with van der Waals surface area (Å²) in [6.45, 7) is 1.73. The highest BCUT2D eigenvalue weighted by Gasteiger charge is 2.14. The van der Waals surface area contributed by atoms with E-state index in [2.05, 4.69) is 15.5 Å².